The highest BCUT2D eigenvalue weighted by Crippen LogP contribution is 2.44. The Bertz CT molecular complexity index is 1470. The fourth-order valence-electron chi connectivity index (χ4n) is 6.96. The van der Waals surface area contributed by atoms with Gasteiger partial charge in [-0.3, -0.25) is 9.59 Å². The number of thiazole rings is 1. The Morgan fingerprint density at radius 2 is 1.81 bits per heavy atom. The molecule has 0 spiro atoms. The second kappa shape index (κ2) is 11.7. The van der Waals surface area contributed by atoms with Crippen molar-refractivity contribution in [2.75, 3.05) is 45.2 Å². The lowest BCUT2D eigenvalue weighted by Crippen LogP contribution is -2.44. The molecule has 3 aromatic rings. The van der Waals surface area contributed by atoms with E-state index in [1.54, 1.807) is 11.3 Å². The van der Waals surface area contributed by atoms with E-state index in [1.165, 1.54) is 0 Å². The first-order chi connectivity index (χ1) is 20.2. The molecule has 2 saturated heterocycles. The van der Waals surface area contributed by atoms with Crippen LogP contribution in [0, 0.1) is 31.6 Å². The second-order valence-electron chi connectivity index (χ2n) is 12.5. The number of aryl methyl sites for hydroxylation is 2. The zero-order valence-electron chi connectivity index (χ0n) is 24.9. The number of rotatable bonds is 8. The van der Waals surface area contributed by atoms with Gasteiger partial charge in [0.05, 0.1) is 11.6 Å². The van der Waals surface area contributed by atoms with Crippen LogP contribution >= 0.6 is 11.3 Å². The smallest absolute Gasteiger partial charge is 0.307 e. The summed E-state index contributed by atoms with van der Waals surface area (Å²) in [5.74, 6) is 0.389. The van der Waals surface area contributed by atoms with Crippen molar-refractivity contribution in [3.05, 3.63) is 64.0 Å². The number of carboxylic acid groups (broad SMARTS) is 1. The van der Waals surface area contributed by atoms with Crippen LogP contribution in [0.1, 0.15) is 46.3 Å². The van der Waals surface area contributed by atoms with E-state index in [1.807, 2.05) is 42.2 Å². The third-order valence-electron chi connectivity index (χ3n) is 9.45. The van der Waals surface area contributed by atoms with Crippen LogP contribution in [0.25, 0.3) is 11.3 Å². The number of anilines is 1. The number of nitrogens with zero attached hydrogens (tertiary/aromatic N) is 4. The third kappa shape index (κ3) is 5.64. The third-order valence-corrected chi connectivity index (χ3v) is 10.3. The number of ether oxygens (including phenoxy) is 1. The minimum atomic E-state index is -0.648. The van der Waals surface area contributed by atoms with Gasteiger partial charge < -0.3 is 24.5 Å². The molecule has 2 bridgehead atoms. The van der Waals surface area contributed by atoms with Gasteiger partial charge in [-0.05, 0) is 94.4 Å². The van der Waals surface area contributed by atoms with Crippen molar-refractivity contribution >= 4 is 28.3 Å². The van der Waals surface area contributed by atoms with Crippen molar-refractivity contribution in [1.29, 1.82) is 0 Å². The number of carboxylic acids is 1. The number of piperidine rings is 1. The number of likely N-dealkylation sites (N-methyl/N-ethyl adjacent to an activating group) is 1. The molecule has 3 heterocycles. The van der Waals surface area contributed by atoms with Gasteiger partial charge in [-0.1, -0.05) is 17.7 Å². The molecule has 6 rings (SSSR count). The van der Waals surface area contributed by atoms with Crippen LogP contribution < -0.4 is 9.64 Å². The first kappa shape index (κ1) is 28.7. The normalized spacial score (nSPS) is 23.5. The summed E-state index contributed by atoms with van der Waals surface area (Å²) in [5.41, 5.74) is 5.76. The summed E-state index contributed by atoms with van der Waals surface area (Å²) >= 11 is 1.61. The van der Waals surface area contributed by atoms with E-state index in [4.69, 9.17) is 9.72 Å². The van der Waals surface area contributed by atoms with E-state index >= 15 is 0 Å². The molecule has 8 nitrogen and oxygen atoms in total. The predicted octanol–water partition coefficient (Wildman–Crippen LogP) is 5.33. The number of hydrogen-bond donors (Lipinski definition) is 1. The lowest BCUT2D eigenvalue weighted by molar-refractivity contribution is -0.144. The fourth-order valence-corrected chi connectivity index (χ4v) is 7.81. The maximum Gasteiger partial charge on any atom is 0.307 e. The van der Waals surface area contributed by atoms with E-state index in [0.717, 1.165) is 89.8 Å². The first-order valence-corrected chi connectivity index (χ1v) is 15.8. The van der Waals surface area contributed by atoms with Crippen molar-refractivity contribution in [1.82, 2.24) is 14.8 Å². The second-order valence-corrected chi connectivity index (χ2v) is 13.3. The number of carbonyl (C=O) groups is 2. The zero-order chi connectivity index (χ0) is 29.5. The number of aromatic nitrogens is 1. The molecular weight excluding hydrogens is 548 g/mol. The molecule has 0 radical (unpaired) electrons. The monoisotopic (exact) mass is 588 g/mol. The zero-order valence-corrected chi connectivity index (χ0v) is 25.7. The Labute approximate surface area is 251 Å². The van der Waals surface area contributed by atoms with Gasteiger partial charge in [-0.15, -0.1) is 11.3 Å². The van der Waals surface area contributed by atoms with E-state index in [-0.39, 0.29) is 23.7 Å². The SMILES string of the molecule is Cc1ccc(OCc2ccc(C(=O)N3CC[C@@H](N(C)C)C3)cc2C)c(-c2csc(N3CC4CC[C@H](C3)[C@@H]4C(=O)O)n2)c1. The van der Waals surface area contributed by atoms with Crippen molar-refractivity contribution in [2.24, 2.45) is 17.8 Å². The summed E-state index contributed by atoms with van der Waals surface area (Å²) in [6.07, 6.45) is 2.97. The number of aliphatic carboxylic acids is 1. The average Bonchev–Trinajstić information content (AvgIpc) is 3.71. The van der Waals surface area contributed by atoms with E-state index in [2.05, 4.69) is 42.3 Å². The Kier molecular flexibility index (Phi) is 7.98. The van der Waals surface area contributed by atoms with Crippen LogP contribution in [0.5, 0.6) is 5.75 Å². The van der Waals surface area contributed by atoms with Crippen LogP contribution in [-0.2, 0) is 11.4 Å². The number of carbonyl (C=O) groups excluding carboxylic acids is 1. The van der Waals surface area contributed by atoms with Gasteiger partial charge in [0.2, 0.25) is 0 Å². The van der Waals surface area contributed by atoms with Crippen LogP contribution in [0.3, 0.4) is 0 Å². The molecule has 1 unspecified atom stereocenters. The molecule has 1 aromatic heterocycles. The van der Waals surface area contributed by atoms with Crippen LogP contribution in [0.4, 0.5) is 5.13 Å². The Balaban J connectivity index is 1.14. The number of amides is 1. The molecule has 9 heteroatoms. The van der Waals surface area contributed by atoms with E-state index in [0.29, 0.717) is 12.6 Å². The lowest BCUT2D eigenvalue weighted by Gasteiger charge is -2.35. The summed E-state index contributed by atoms with van der Waals surface area (Å²) in [6.45, 7) is 7.56. The van der Waals surface area contributed by atoms with Gasteiger partial charge in [0.15, 0.2) is 5.13 Å². The molecule has 3 fully saturated rings. The van der Waals surface area contributed by atoms with E-state index in [9.17, 15) is 14.7 Å². The molecule has 2 aromatic carbocycles. The molecule has 2 aliphatic heterocycles. The van der Waals surface area contributed by atoms with Crippen molar-refractivity contribution in [3.8, 4) is 17.0 Å². The molecule has 1 aliphatic carbocycles. The summed E-state index contributed by atoms with van der Waals surface area (Å²) < 4.78 is 6.38. The highest BCUT2D eigenvalue weighted by atomic mass is 32.1. The summed E-state index contributed by atoms with van der Waals surface area (Å²) in [6, 6.07) is 12.5. The standard InChI is InChI=1S/C33H40N4O4S/c1-20-5-10-29(41-18-25-9-6-22(14-21(25)2)31(38)36-12-11-26(17-36)35(3)4)27(13-20)28-19-42-33(34-28)37-15-23-7-8-24(16-37)30(23)32(39)40/h5-6,9-10,13-14,19,23-24,26,30H,7-8,11-12,15-18H2,1-4H3,(H,39,40)/t23-,24?,26-,30+/m1/s1. The van der Waals surface area contributed by atoms with Gasteiger partial charge in [-0.2, -0.15) is 0 Å². The summed E-state index contributed by atoms with van der Waals surface area (Å²) in [5, 5.41) is 12.7. The number of likely N-dealkylation sites (tertiary alicyclic amines) is 1. The molecule has 4 atom stereocenters. The molecule has 42 heavy (non-hydrogen) atoms. The highest BCUT2D eigenvalue weighted by Gasteiger charge is 2.46. The summed E-state index contributed by atoms with van der Waals surface area (Å²) in [7, 11) is 4.14. The Morgan fingerprint density at radius 1 is 1.05 bits per heavy atom. The van der Waals surface area contributed by atoms with Crippen molar-refractivity contribution < 1.29 is 19.4 Å². The molecule has 1 saturated carbocycles. The topological polar surface area (TPSA) is 86.2 Å². The first-order valence-electron chi connectivity index (χ1n) is 14.9. The lowest BCUT2D eigenvalue weighted by atomic mass is 9.85. The Hall–Kier alpha value is -3.43. The predicted molar refractivity (Wildman–Crippen MR) is 165 cm³/mol. The molecule has 1 N–H and O–H groups in total. The van der Waals surface area contributed by atoms with Crippen molar-refractivity contribution in [3.63, 3.8) is 0 Å². The van der Waals surface area contributed by atoms with E-state index < -0.39 is 5.97 Å². The van der Waals surface area contributed by atoms with Gasteiger partial charge >= 0.3 is 5.97 Å². The molecule has 222 valence electrons. The van der Waals surface area contributed by atoms with Gasteiger partial charge in [0.1, 0.15) is 12.4 Å². The van der Waals surface area contributed by atoms with Crippen LogP contribution in [-0.4, -0.2) is 78.1 Å². The largest absolute Gasteiger partial charge is 0.488 e. The number of benzene rings is 2. The maximum atomic E-state index is 13.1. The number of hydrogen-bond acceptors (Lipinski definition) is 7. The molecular formula is C33H40N4O4S. The minimum Gasteiger partial charge on any atom is -0.488 e. The molecule has 1 amide bonds. The van der Waals surface area contributed by atoms with Gasteiger partial charge in [0.25, 0.3) is 5.91 Å². The van der Waals surface area contributed by atoms with Crippen molar-refractivity contribution in [2.45, 2.75) is 45.8 Å². The number of fused-ring (bicyclic) bond motifs is 2. The highest BCUT2D eigenvalue weighted by molar-refractivity contribution is 7.14. The minimum absolute atomic E-state index is 0.0928. The van der Waals surface area contributed by atoms with Gasteiger partial charge in [-0.25, -0.2) is 4.98 Å². The van der Waals surface area contributed by atoms with Gasteiger partial charge in [0, 0.05) is 48.7 Å². The average molecular weight is 589 g/mol. The maximum absolute atomic E-state index is 13.1. The van der Waals surface area contributed by atoms with Crippen LogP contribution in [0.15, 0.2) is 41.8 Å². The fraction of sp³-hybridized carbons (Fsp3) is 0.485. The quantitative estimate of drug-likeness (QED) is 0.381. The Morgan fingerprint density at radius 3 is 2.48 bits per heavy atom. The summed E-state index contributed by atoms with van der Waals surface area (Å²) in [4.78, 5) is 36.3. The molecule has 3 aliphatic rings. The van der Waals surface area contributed by atoms with Crippen LogP contribution in [0.2, 0.25) is 0 Å².